The van der Waals surface area contributed by atoms with E-state index in [1.807, 2.05) is 24.3 Å². The predicted octanol–water partition coefficient (Wildman–Crippen LogP) is 8.58. The topological polar surface area (TPSA) is 157 Å². The average Bonchev–Trinajstić information content (AvgIpc) is 3.73. The Labute approximate surface area is 372 Å². The van der Waals surface area contributed by atoms with Gasteiger partial charge in [0.15, 0.2) is 0 Å². The second-order valence-corrected chi connectivity index (χ2v) is 19.7. The Balaban J connectivity index is 0.964. The number of nitrogens with one attached hydrogen (secondary N) is 2. The second-order valence-electron chi connectivity index (χ2n) is 17.1. The van der Waals surface area contributed by atoms with Crippen molar-refractivity contribution in [3.63, 3.8) is 0 Å². The van der Waals surface area contributed by atoms with E-state index >= 15 is 0 Å². The van der Waals surface area contributed by atoms with Crippen LogP contribution >= 0.6 is 23.2 Å². The van der Waals surface area contributed by atoms with E-state index in [-0.39, 0.29) is 38.4 Å². The van der Waals surface area contributed by atoms with Crippen LogP contribution in [0.2, 0.25) is 10.0 Å². The van der Waals surface area contributed by atoms with E-state index in [4.69, 9.17) is 37.9 Å². The molecule has 0 unspecified atom stereocenters. The number of sulfonamides is 1. The van der Waals surface area contributed by atoms with Crippen LogP contribution in [0.4, 0.5) is 5.69 Å². The van der Waals surface area contributed by atoms with Gasteiger partial charge in [-0.15, -0.1) is 0 Å². The molecule has 0 spiro atoms. The summed E-state index contributed by atoms with van der Waals surface area (Å²) in [5.74, 6) is 0.0394. The Morgan fingerprint density at radius 3 is 2.48 bits per heavy atom. The smallest absolute Gasteiger partial charge is 0.268 e. The summed E-state index contributed by atoms with van der Waals surface area (Å²) >= 11 is 12.7. The van der Waals surface area contributed by atoms with Gasteiger partial charge in [-0.2, -0.15) is 5.26 Å². The number of hydrogen-bond donors (Lipinski definition) is 2. The number of pyridine rings is 2. The summed E-state index contributed by atoms with van der Waals surface area (Å²) in [6, 6.07) is 20.5. The van der Waals surface area contributed by atoms with Gasteiger partial charge in [0.2, 0.25) is 5.88 Å². The number of hydrogen-bond acceptors (Lipinski definition) is 11. The first-order chi connectivity index (χ1) is 29.8. The summed E-state index contributed by atoms with van der Waals surface area (Å²) in [6.45, 7) is 11.1. The number of allylic oxidation sites excluding steroid dienone is 1. The maximum Gasteiger partial charge on any atom is 0.268 e. The SMILES string of the molecule is CC1(C)CCC(CN2CCN(c3ccc(C(=O)NS(=O)(=O)c4cnc(OCC5CCN(CC#N)CC5)c(Cl)c4)c(Oc4cnc5[nH]ccc5c4)c3)CC2)=C(c2ccc(Cl)cc2)C1. The summed E-state index contributed by atoms with van der Waals surface area (Å²) in [4.78, 5) is 32.1. The number of rotatable bonds is 13. The number of piperazine rings is 1. The summed E-state index contributed by atoms with van der Waals surface area (Å²) in [6.07, 6.45) is 9.41. The Morgan fingerprint density at radius 2 is 1.74 bits per heavy atom. The lowest BCUT2D eigenvalue weighted by Gasteiger charge is -2.39. The van der Waals surface area contributed by atoms with Crippen molar-refractivity contribution in [2.45, 2.75) is 50.8 Å². The number of H-pyrrole nitrogens is 1. The largest absolute Gasteiger partial charge is 0.476 e. The third-order valence-electron chi connectivity index (χ3n) is 12.1. The highest BCUT2D eigenvalue weighted by atomic mass is 35.5. The molecule has 0 saturated carbocycles. The summed E-state index contributed by atoms with van der Waals surface area (Å²) in [5, 5.41) is 10.5. The number of fused-ring (bicyclic) bond motifs is 1. The zero-order valence-corrected chi connectivity index (χ0v) is 37.2. The minimum atomic E-state index is -4.42. The van der Waals surface area contributed by atoms with Crippen molar-refractivity contribution in [1.82, 2.24) is 29.5 Å². The molecule has 2 aliphatic heterocycles. The number of ether oxygens (including phenoxy) is 2. The van der Waals surface area contributed by atoms with Crippen LogP contribution in [0.25, 0.3) is 16.6 Å². The van der Waals surface area contributed by atoms with Crippen molar-refractivity contribution in [3.8, 4) is 23.4 Å². The van der Waals surface area contributed by atoms with Crippen LogP contribution in [0, 0.1) is 22.7 Å². The molecule has 16 heteroatoms. The number of aromatic nitrogens is 3. The highest BCUT2D eigenvalue weighted by Crippen LogP contribution is 2.43. The van der Waals surface area contributed by atoms with Crippen LogP contribution in [0.15, 0.2) is 89.7 Å². The number of aromatic amines is 1. The molecular weight excluding hydrogens is 848 g/mol. The van der Waals surface area contributed by atoms with E-state index in [1.54, 1.807) is 30.6 Å². The molecule has 1 amide bonds. The number of piperidine rings is 1. The minimum absolute atomic E-state index is 0.00442. The van der Waals surface area contributed by atoms with Gasteiger partial charge < -0.3 is 19.4 Å². The molecule has 1 aliphatic carbocycles. The van der Waals surface area contributed by atoms with E-state index in [2.05, 4.69) is 66.4 Å². The third kappa shape index (κ3) is 10.4. The highest BCUT2D eigenvalue weighted by Gasteiger charge is 2.30. The molecule has 0 atom stereocenters. The molecule has 3 aromatic heterocycles. The Morgan fingerprint density at radius 1 is 0.968 bits per heavy atom. The molecule has 0 bridgehead atoms. The number of carbonyl (C=O) groups excluding carboxylic acids is 1. The molecule has 2 fully saturated rings. The van der Waals surface area contributed by atoms with Crippen LogP contribution in [-0.2, 0) is 10.0 Å². The number of halogens is 2. The molecule has 3 aliphatic rings. The summed E-state index contributed by atoms with van der Waals surface area (Å²) in [7, 11) is -4.42. The zero-order chi connectivity index (χ0) is 43.4. The van der Waals surface area contributed by atoms with Crippen LogP contribution in [0.5, 0.6) is 17.4 Å². The summed E-state index contributed by atoms with van der Waals surface area (Å²) < 4.78 is 41.6. The van der Waals surface area contributed by atoms with Crippen molar-refractivity contribution in [2.75, 3.05) is 63.9 Å². The van der Waals surface area contributed by atoms with Crippen LogP contribution in [0.3, 0.4) is 0 Å². The van der Waals surface area contributed by atoms with Gasteiger partial charge in [0.05, 0.1) is 37.2 Å². The van der Waals surface area contributed by atoms with Crippen LogP contribution in [-0.4, -0.2) is 98.0 Å². The third-order valence-corrected chi connectivity index (χ3v) is 13.9. The zero-order valence-electron chi connectivity index (χ0n) is 34.9. The van der Waals surface area contributed by atoms with E-state index in [9.17, 15) is 13.2 Å². The van der Waals surface area contributed by atoms with E-state index < -0.39 is 15.9 Å². The average molecular weight is 898 g/mol. The minimum Gasteiger partial charge on any atom is -0.476 e. The molecule has 62 heavy (non-hydrogen) atoms. The van der Waals surface area contributed by atoms with Crippen molar-refractivity contribution in [3.05, 3.63) is 106 Å². The van der Waals surface area contributed by atoms with Gasteiger partial charge >= 0.3 is 0 Å². The molecule has 5 heterocycles. The van der Waals surface area contributed by atoms with Gasteiger partial charge in [0, 0.05) is 61.1 Å². The van der Waals surface area contributed by atoms with Gasteiger partial charge in [-0.05, 0) is 110 Å². The lowest BCUT2D eigenvalue weighted by molar-refractivity contribution is 0.0979. The van der Waals surface area contributed by atoms with Crippen molar-refractivity contribution >= 4 is 61.4 Å². The quantitative estimate of drug-likeness (QED) is 0.109. The number of nitriles is 1. The van der Waals surface area contributed by atoms with Crippen molar-refractivity contribution in [2.24, 2.45) is 11.3 Å². The van der Waals surface area contributed by atoms with Gasteiger partial charge in [0.25, 0.3) is 15.9 Å². The van der Waals surface area contributed by atoms with E-state index in [1.165, 1.54) is 22.8 Å². The van der Waals surface area contributed by atoms with Gasteiger partial charge in [-0.1, -0.05) is 54.8 Å². The van der Waals surface area contributed by atoms with Crippen LogP contribution in [0.1, 0.15) is 61.9 Å². The monoisotopic (exact) mass is 896 g/mol. The number of nitrogens with zero attached hydrogens (tertiary/aromatic N) is 6. The van der Waals surface area contributed by atoms with Gasteiger partial charge in [-0.3, -0.25) is 14.6 Å². The van der Waals surface area contributed by atoms with Crippen LogP contribution < -0.4 is 19.1 Å². The first kappa shape index (κ1) is 43.5. The molecule has 0 radical (unpaired) electrons. The summed E-state index contributed by atoms with van der Waals surface area (Å²) in [5.41, 5.74) is 5.93. The second kappa shape index (κ2) is 18.7. The predicted molar refractivity (Wildman–Crippen MR) is 241 cm³/mol. The number of likely N-dealkylation sites (tertiary alicyclic amines) is 1. The lowest BCUT2D eigenvalue weighted by atomic mass is 9.72. The highest BCUT2D eigenvalue weighted by molar-refractivity contribution is 7.90. The normalized spacial score (nSPS) is 17.8. The molecule has 2 saturated heterocycles. The van der Waals surface area contributed by atoms with Crippen molar-refractivity contribution in [1.29, 1.82) is 5.26 Å². The first-order valence-electron chi connectivity index (χ1n) is 21.0. The van der Waals surface area contributed by atoms with E-state index in [0.717, 1.165) is 100 Å². The lowest BCUT2D eigenvalue weighted by Crippen LogP contribution is -2.47. The molecule has 324 valence electrons. The standard InChI is InChI=1S/C46H50Cl2N8O5S/c1-46(2)13-9-34(40(26-46)32-3-5-35(47)6-4-32)29-55-19-21-56(22-20-55)36-7-8-39(42(24-36)61-37-23-33-10-15-50-43(33)51-27-37)44(57)53-62(58,59)38-25-41(48)45(52-28-38)60-30-31-11-16-54(17-12-31)18-14-49/h3-8,10,15,23-25,27-28,31H,9,11-13,16-22,26,29-30H2,1-2H3,(H,50,51)(H,53,57). The Bertz CT molecular complexity index is 2610. The Hall–Kier alpha value is -5.17. The fraction of sp³-hybridized carbons (Fsp3) is 0.391. The number of anilines is 1. The molecule has 2 N–H and O–H groups in total. The maximum atomic E-state index is 13.9. The molecule has 5 aromatic rings. The number of amides is 1. The molecule has 2 aromatic carbocycles. The number of carbonyl (C=O) groups is 1. The molecule has 8 rings (SSSR count). The van der Waals surface area contributed by atoms with E-state index in [0.29, 0.717) is 24.5 Å². The Kier molecular flexibility index (Phi) is 13.1. The fourth-order valence-corrected chi connectivity index (χ4v) is 9.83. The fourth-order valence-electron chi connectivity index (χ4n) is 8.49. The van der Waals surface area contributed by atoms with Crippen molar-refractivity contribution < 1.29 is 22.7 Å². The van der Waals surface area contributed by atoms with Gasteiger partial charge in [0.1, 0.15) is 27.1 Å². The van der Waals surface area contributed by atoms with Gasteiger partial charge in [-0.25, -0.2) is 23.1 Å². The first-order valence-corrected chi connectivity index (χ1v) is 23.2. The maximum absolute atomic E-state index is 13.9. The molecule has 13 nitrogen and oxygen atoms in total. The number of benzene rings is 2. The molecular formula is C46H50Cl2N8O5S.